The van der Waals surface area contributed by atoms with Crippen LogP contribution >= 0.6 is 0 Å². The highest BCUT2D eigenvalue weighted by atomic mass is 32.2. The maximum atomic E-state index is 12.7. The predicted octanol–water partition coefficient (Wildman–Crippen LogP) is 2.95. The van der Waals surface area contributed by atoms with Crippen LogP contribution in [0.3, 0.4) is 0 Å². The molecule has 0 aliphatic carbocycles. The highest BCUT2D eigenvalue weighted by Gasteiger charge is 2.30. The van der Waals surface area contributed by atoms with Crippen molar-refractivity contribution < 1.29 is 13.2 Å². The van der Waals surface area contributed by atoms with E-state index in [4.69, 9.17) is 0 Å². The number of amides is 1. The monoisotopic (exact) mass is 366 g/mol. The number of nitrogens with zero attached hydrogens (tertiary/aromatic N) is 1. The van der Waals surface area contributed by atoms with Gasteiger partial charge in [0.1, 0.15) is 0 Å². The molecule has 0 unspecified atom stereocenters. The first-order valence-electron chi connectivity index (χ1n) is 9.12. The summed E-state index contributed by atoms with van der Waals surface area (Å²) in [5.74, 6) is 0.930. The van der Waals surface area contributed by atoms with E-state index in [2.05, 4.69) is 19.2 Å². The van der Waals surface area contributed by atoms with Gasteiger partial charge in [0, 0.05) is 26.1 Å². The van der Waals surface area contributed by atoms with Gasteiger partial charge in [-0.2, -0.15) is 4.31 Å². The molecule has 25 heavy (non-hydrogen) atoms. The first-order valence-corrected chi connectivity index (χ1v) is 10.6. The Hall–Kier alpha value is -1.40. The van der Waals surface area contributed by atoms with Crippen molar-refractivity contribution >= 4 is 15.9 Å². The van der Waals surface area contributed by atoms with Gasteiger partial charge in [0.25, 0.3) is 0 Å². The fourth-order valence-electron chi connectivity index (χ4n) is 3.05. The quantitative estimate of drug-likeness (QED) is 0.807. The van der Waals surface area contributed by atoms with E-state index >= 15 is 0 Å². The average molecular weight is 367 g/mol. The number of carbonyl (C=O) groups excluding carboxylic acids is 1. The summed E-state index contributed by atoms with van der Waals surface area (Å²) in [5, 5.41) is 2.96. The number of rotatable bonds is 7. The number of sulfonamides is 1. The van der Waals surface area contributed by atoms with Crippen molar-refractivity contribution in [2.24, 2.45) is 11.8 Å². The Morgan fingerprint density at radius 3 is 2.36 bits per heavy atom. The van der Waals surface area contributed by atoms with Crippen molar-refractivity contribution in [3.63, 3.8) is 0 Å². The summed E-state index contributed by atoms with van der Waals surface area (Å²) in [6.07, 6.45) is 2.96. The second kappa shape index (κ2) is 8.81. The topological polar surface area (TPSA) is 66.5 Å². The lowest BCUT2D eigenvalue weighted by Crippen LogP contribution is -2.39. The molecule has 1 N–H and O–H groups in total. The Kier molecular flexibility index (Phi) is 7.02. The molecule has 0 radical (unpaired) electrons. The molecule has 1 heterocycles. The Bertz CT molecular complexity index is 660. The van der Waals surface area contributed by atoms with Crippen molar-refractivity contribution in [3.05, 3.63) is 29.8 Å². The molecule has 5 nitrogen and oxygen atoms in total. The summed E-state index contributed by atoms with van der Waals surface area (Å²) in [6.45, 7) is 7.90. The summed E-state index contributed by atoms with van der Waals surface area (Å²) in [4.78, 5) is 12.3. The minimum absolute atomic E-state index is 0.0838. The SMILES string of the molecule is Cc1ccc(S(=O)(=O)N2CCC(CC(=O)NCCC(C)C)CC2)cc1. The molecular formula is C19H30N2O3S. The second-order valence-corrected chi connectivity index (χ2v) is 9.34. The van der Waals surface area contributed by atoms with E-state index in [0.29, 0.717) is 30.3 Å². The fraction of sp³-hybridized carbons (Fsp3) is 0.632. The van der Waals surface area contributed by atoms with Crippen LogP contribution in [-0.4, -0.2) is 38.3 Å². The molecule has 2 rings (SSSR count). The Morgan fingerprint density at radius 1 is 1.20 bits per heavy atom. The number of carbonyl (C=O) groups is 1. The van der Waals surface area contributed by atoms with E-state index in [-0.39, 0.29) is 11.8 Å². The molecular weight excluding hydrogens is 336 g/mol. The molecule has 1 aliphatic heterocycles. The van der Waals surface area contributed by atoms with Crippen LogP contribution in [0.5, 0.6) is 0 Å². The Balaban J connectivity index is 1.82. The van der Waals surface area contributed by atoms with Crippen LogP contribution in [0.4, 0.5) is 0 Å². The summed E-state index contributed by atoms with van der Waals surface area (Å²) in [5.41, 5.74) is 1.04. The van der Waals surface area contributed by atoms with E-state index in [1.54, 1.807) is 16.4 Å². The molecule has 0 atom stereocenters. The van der Waals surface area contributed by atoms with Gasteiger partial charge in [-0.15, -0.1) is 0 Å². The van der Waals surface area contributed by atoms with Crippen LogP contribution < -0.4 is 5.32 Å². The normalized spacial score (nSPS) is 17.0. The highest BCUT2D eigenvalue weighted by molar-refractivity contribution is 7.89. The van der Waals surface area contributed by atoms with Crippen molar-refractivity contribution in [2.45, 2.75) is 51.3 Å². The lowest BCUT2D eigenvalue weighted by Gasteiger charge is -2.31. The number of benzene rings is 1. The van der Waals surface area contributed by atoms with Gasteiger partial charge < -0.3 is 5.32 Å². The number of aryl methyl sites for hydroxylation is 1. The van der Waals surface area contributed by atoms with Gasteiger partial charge in [-0.25, -0.2) is 8.42 Å². The maximum absolute atomic E-state index is 12.7. The molecule has 0 bridgehead atoms. The van der Waals surface area contributed by atoms with Gasteiger partial charge in [0.05, 0.1) is 4.90 Å². The number of nitrogens with one attached hydrogen (secondary N) is 1. The summed E-state index contributed by atoms with van der Waals surface area (Å²) in [7, 11) is -3.42. The molecule has 0 aromatic heterocycles. The first-order chi connectivity index (χ1) is 11.8. The fourth-order valence-corrected chi connectivity index (χ4v) is 4.52. The number of hydrogen-bond acceptors (Lipinski definition) is 3. The van der Waals surface area contributed by atoms with Gasteiger partial charge in [0.2, 0.25) is 15.9 Å². The van der Waals surface area contributed by atoms with Gasteiger partial charge in [-0.1, -0.05) is 31.5 Å². The molecule has 1 saturated heterocycles. The zero-order chi connectivity index (χ0) is 18.4. The first kappa shape index (κ1) is 19.9. The minimum atomic E-state index is -3.42. The minimum Gasteiger partial charge on any atom is -0.356 e. The lowest BCUT2D eigenvalue weighted by atomic mass is 9.94. The third kappa shape index (κ3) is 5.82. The maximum Gasteiger partial charge on any atom is 0.243 e. The van der Waals surface area contributed by atoms with Crippen LogP contribution in [-0.2, 0) is 14.8 Å². The van der Waals surface area contributed by atoms with Gasteiger partial charge in [-0.3, -0.25) is 4.79 Å². The third-order valence-electron chi connectivity index (χ3n) is 4.75. The van der Waals surface area contributed by atoms with Crippen LogP contribution in [0.25, 0.3) is 0 Å². The molecule has 0 saturated carbocycles. The average Bonchev–Trinajstić information content (AvgIpc) is 2.55. The van der Waals surface area contributed by atoms with Gasteiger partial charge in [0.15, 0.2) is 0 Å². The lowest BCUT2D eigenvalue weighted by molar-refractivity contribution is -0.122. The van der Waals surface area contributed by atoms with Gasteiger partial charge in [-0.05, 0) is 50.2 Å². The van der Waals surface area contributed by atoms with E-state index in [9.17, 15) is 13.2 Å². The molecule has 6 heteroatoms. The molecule has 0 spiro atoms. The van der Waals surface area contributed by atoms with Crippen LogP contribution in [0, 0.1) is 18.8 Å². The van der Waals surface area contributed by atoms with E-state index in [1.165, 1.54) is 0 Å². The van der Waals surface area contributed by atoms with Gasteiger partial charge >= 0.3 is 0 Å². The molecule has 1 aromatic carbocycles. The molecule has 1 fully saturated rings. The zero-order valence-electron chi connectivity index (χ0n) is 15.5. The van der Waals surface area contributed by atoms with Crippen LogP contribution in [0.15, 0.2) is 29.2 Å². The van der Waals surface area contributed by atoms with Crippen molar-refractivity contribution in [1.82, 2.24) is 9.62 Å². The summed E-state index contributed by atoms with van der Waals surface area (Å²) < 4.78 is 26.9. The Morgan fingerprint density at radius 2 is 1.80 bits per heavy atom. The Labute approximate surface area is 151 Å². The largest absolute Gasteiger partial charge is 0.356 e. The van der Waals surface area contributed by atoms with Crippen molar-refractivity contribution in [2.75, 3.05) is 19.6 Å². The molecule has 140 valence electrons. The predicted molar refractivity (Wildman–Crippen MR) is 99.7 cm³/mol. The number of hydrogen-bond donors (Lipinski definition) is 1. The van der Waals surface area contributed by atoms with E-state index in [1.807, 2.05) is 19.1 Å². The summed E-state index contributed by atoms with van der Waals surface area (Å²) in [6, 6.07) is 6.97. The standard InChI is InChI=1S/C19H30N2O3S/c1-15(2)8-11-20-19(22)14-17-9-12-21(13-10-17)25(23,24)18-6-4-16(3)5-7-18/h4-7,15,17H,8-14H2,1-3H3,(H,20,22). The van der Waals surface area contributed by atoms with Crippen LogP contribution in [0.1, 0.15) is 45.1 Å². The second-order valence-electron chi connectivity index (χ2n) is 7.40. The summed E-state index contributed by atoms with van der Waals surface area (Å²) >= 11 is 0. The van der Waals surface area contributed by atoms with E-state index < -0.39 is 10.0 Å². The molecule has 1 amide bonds. The molecule has 1 aliphatic rings. The number of piperidine rings is 1. The zero-order valence-corrected chi connectivity index (χ0v) is 16.3. The van der Waals surface area contributed by atoms with Crippen molar-refractivity contribution in [1.29, 1.82) is 0 Å². The van der Waals surface area contributed by atoms with E-state index in [0.717, 1.165) is 31.4 Å². The molecule has 1 aromatic rings. The third-order valence-corrected chi connectivity index (χ3v) is 6.66. The van der Waals surface area contributed by atoms with Crippen molar-refractivity contribution in [3.8, 4) is 0 Å². The smallest absolute Gasteiger partial charge is 0.243 e. The van der Waals surface area contributed by atoms with Crippen LogP contribution in [0.2, 0.25) is 0 Å². The highest BCUT2D eigenvalue weighted by Crippen LogP contribution is 2.25.